The molecule has 0 saturated heterocycles. The molecule has 1 amide bonds. The fourth-order valence-corrected chi connectivity index (χ4v) is 5.81. The van der Waals surface area contributed by atoms with Crippen molar-refractivity contribution < 1.29 is 24.5 Å². The average molecular weight is 545 g/mol. The molecule has 1 aromatic carbocycles. The van der Waals surface area contributed by atoms with Crippen LogP contribution < -0.4 is 9.47 Å². The van der Waals surface area contributed by atoms with Gasteiger partial charge in [0.25, 0.3) is 5.91 Å². The number of benzene rings is 1. The first kappa shape index (κ1) is 27.1. The van der Waals surface area contributed by atoms with E-state index in [-0.39, 0.29) is 12.3 Å². The molecule has 0 aliphatic carbocycles. The number of aryl methyl sites for hydroxylation is 1. The fourth-order valence-electron chi connectivity index (χ4n) is 5.20. The number of carbonyl (C=O) groups is 1. The van der Waals surface area contributed by atoms with Gasteiger partial charge in [-0.25, -0.2) is 4.68 Å². The van der Waals surface area contributed by atoms with Crippen molar-refractivity contribution in [1.29, 1.82) is 0 Å². The number of hydrogen-bond donors (Lipinski definition) is 2. The van der Waals surface area contributed by atoms with Crippen molar-refractivity contribution >= 4 is 40.8 Å². The zero-order valence-electron chi connectivity index (χ0n) is 22.9. The summed E-state index contributed by atoms with van der Waals surface area (Å²) >= 11 is 1.53. The van der Waals surface area contributed by atoms with Crippen LogP contribution in [0.5, 0.6) is 11.5 Å². The average Bonchev–Trinajstić information content (AvgIpc) is 3.66. The van der Waals surface area contributed by atoms with E-state index >= 15 is 0 Å². The van der Waals surface area contributed by atoms with Gasteiger partial charge in [0.2, 0.25) is 0 Å². The third-order valence-corrected chi connectivity index (χ3v) is 7.62. The number of rotatable bonds is 8. The molecule has 4 heterocycles. The van der Waals surface area contributed by atoms with Crippen LogP contribution >= 0.6 is 11.3 Å². The highest BCUT2D eigenvalue weighted by molar-refractivity contribution is 7.08. The lowest BCUT2D eigenvalue weighted by Crippen LogP contribution is -2.66. The second kappa shape index (κ2) is 9.93. The first-order chi connectivity index (χ1) is 18.5. The van der Waals surface area contributed by atoms with Crippen LogP contribution in [-0.2, 0) is 13.7 Å². The fraction of sp³-hybridized carbons (Fsp3) is 0.320. The normalized spacial score (nSPS) is 12.9. The second-order valence-electron chi connectivity index (χ2n) is 10.9. The Morgan fingerprint density at radius 1 is 1.21 bits per heavy atom. The summed E-state index contributed by atoms with van der Waals surface area (Å²) in [6.45, 7) is 0.960. The number of hydrogen-bond acceptors (Lipinski definition) is 8. The zero-order valence-corrected chi connectivity index (χ0v) is 23.7. The number of carbonyl (C=O) groups excluding carboxylic acids is 1. The predicted molar refractivity (Wildman–Crippen MR) is 157 cm³/mol. The van der Waals surface area contributed by atoms with Crippen molar-refractivity contribution in [2.45, 2.75) is 24.3 Å². The van der Waals surface area contributed by atoms with Gasteiger partial charge in [0, 0.05) is 41.4 Å². The van der Waals surface area contributed by atoms with Crippen molar-refractivity contribution in [2.24, 2.45) is 7.05 Å². The van der Waals surface area contributed by atoms with E-state index in [1.165, 1.54) is 16.2 Å². The summed E-state index contributed by atoms with van der Waals surface area (Å²) in [5, 5.41) is 33.0. The van der Waals surface area contributed by atoms with E-state index in [1.807, 2.05) is 71.8 Å². The number of nitrogens with zero attached hydrogens (tertiary/aromatic N) is 5. The summed E-state index contributed by atoms with van der Waals surface area (Å²) in [5.41, 5.74) is 3.45. The molecule has 4 aromatic rings. The summed E-state index contributed by atoms with van der Waals surface area (Å²) in [6, 6.07) is 7.65. The van der Waals surface area contributed by atoms with Gasteiger partial charge in [-0.15, -0.1) is 0 Å². The standard InChI is InChI=1S/C25H30B3N5O5S/c1-24(12-34,13-35)33(25(26,27)28)23(36)21-17-10-38-20-9-19(37-3)15(18-4-6-31(2)29-18)8-16(20)22(17)32(30-21)14-5-7-39-11-14/h4-9,11,34-35H,10,12-13,26-28H2,1-3H3. The number of fused-ring (bicyclic) bond motifs is 3. The summed E-state index contributed by atoms with van der Waals surface area (Å²) in [5.74, 6) is 0.829. The van der Waals surface area contributed by atoms with E-state index < -0.39 is 29.9 Å². The third-order valence-electron chi connectivity index (χ3n) is 6.95. The Bertz CT molecular complexity index is 1530. The summed E-state index contributed by atoms with van der Waals surface area (Å²) < 4.78 is 15.4. The van der Waals surface area contributed by atoms with Gasteiger partial charge in [0.1, 0.15) is 41.6 Å². The molecule has 1 aliphatic rings. The molecule has 39 heavy (non-hydrogen) atoms. The van der Waals surface area contributed by atoms with Gasteiger partial charge < -0.3 is 24.6 Å². The molecular formula is C25H30B3N5O5S. The van der Waals surface area contributed by atoms with Gasteiger partial charge in [-0.1, -0.05) is 0 Å². The highest BCUT2D eigenvalue weighted by Gasteiger charge is 2.44. The first-order valence-electron chi connectivity index (χ1n) is 12.6. The number of aliphatic hydroxyl groups is 2. The van der Waals surface area contributed by atoms with E-state index in [0.717, 1.165) is 28.2 Å². The first-order valence-corrected chi connectivity index (χ1v) is 13.5. The molecule has 1 aliphatic heterocycles. The lowest BCUT2D eigenvalue weighted by Gasteiger charge is -2.47. The van der Waals surface area contributed by atoms with Gasteiger partial charge in [-0.3, -0.25) is 9.48 Å². The summed E-state index contributed by atoms with van der Waals surface area (Å²) in [4.78, 5) is 15.8. The Kier molecular flexibility index (Phi) is 6.90. The molecule has 0 radical (unpaired) electrons. The minimum atomic E-state index is -1.21. The molecular weight excluding hydrogens is 515 g/mol. The van der Waals surface area contributed by atoms with Crippen LogP contribution in [0.1, 0.15) is 23.0 Å². The lowest BCUT2D eigenvalue weighted by atomic mass is 9.47. The minimum Gasteiger partial charge on any atom is -0.496 e. The summed E-state index contributed by atoms with van der Waals surface area (Å²) in [6.07, 6.45) is 1.86. The van der Waals surface area contributed by atoms with Crippen molar-refractivity contribution in [3.63, 3.8) is 0 Å². The molecule has 2 N–H and O–H groups in total. The smallest absolute Gasteiger partial charge is 0.273 e. The van der Waals surface area contributed by atoms with E-state index in [4.69, 9.17) is 14.6 Å². The number of ether oxygens (including phenoxy) is 2. The van der Waals surface area contributed by atoms with Gasteiger partial charge in [0.15, 0.2) is 5.69 Å². The maximum Gasteiger partial charge on any atom is 0.273 e. The largest absolute Gasteiger partial charge is 0.496 e. The minimum absolute atomic E-state index is 0.118. The number of methoxy groups -OCH3 is 1. The quantitative estimate of drug-likeness (QED) is 0.290. The Hall–Kier alpha value is -3.48. The molecule has 0 spiro atoms. The van der Waals surface area contributed by atoms with E-state index in [0.29, 0.717) is 17.1 Å². The van der Waals surface area contributed by atoms with Crippen LogP contribution in [0, 0.1) is 0 Å². The maximum absolute atomic E-state index is 14.3. The number of aliphatic hydroxyl groups excluding tert-OH is 2. The SMILES string of the molecule is BC(B)(B)N(C(=O)c1nn(-c2ccsc2)c2c1COc1cc(OC)c(-c3ccn(C)n3)cc1-2)C(C)(CO)CO. The molecule has 14 heteroatoms. The van der Waals surface area contributed by atoms with Crippen LogP contribution in [0.3, 0.4) is 0 Å². The molecule has 0 unspecified atom stereocenters. The maximum atomic E-state index is 14.3. The van der Waals surface area contributed by atoms with E-state index in [9.17, 15) is 15.0 Å². The molecule has 3 aromatic heterocycles. The Balaban J connectivity index is 1.75. The van der Waals surface area contributed by atoms with Gasteiger partial charge >= 0.3 is 0 Å². The number of aromatic nitrogens is 4. The molecule has 0 fully saturated rings. The molecule has 200 valence electrons. The number of amides is 1. The van der Waals surface area contributed by atoms with Crippen LogP contribution in [0.25, 0.3) is 28.2 Å². The topological polar surface area (TPSA) is 115 Å². The molecule has 5 rings (SSSR count). The Morgan fingerprint density at radius 2 is 1.95 bits per heavy atom. The highest BCUT2D eigenvalue weighted by Crippen LogP contribution is 2.46. The van der Waals surface area contributed by atoms with Crippen LogP contribution in [0.15, 0.2) is 41.2 Å². The lowest BCUT2D eigenvalue weighted by molar-refractivity contribution is 0.00106. The van der Waals surface area contributed by atoms with Crippen LogP contribution in [0.4, 0.5) is 0 Å². The van der Waals surface area contributed by atoms with Crippen molar-refractivity contribution in [3.8, 4) is 39.7 Å². The predicted octanol–water partition coefficient (Wildman–Crippen LogP) is -0.402. The molecule has 0 saturated carbocycles. The van der Waals surface area contributed by atoms with E-state index in [1.54, 1.807) is 23.4 Å². The number of thiophene rings is 1. The van der Waals surface area contributed by atoms with Gasteiger partial charge in [-0.2, -0.15) is 21.5 Å². The second-order valence-corrected chi connectivity index (χ2v) is 11.7. The van der Waals surface area contributed by atoms with Gasteiger partial charge in [0.05, 0.1) is 42.9 Å². The van der Waals surface area contributed by atoms with Gasteiger partial charge in [-0.05, 0) is 35.7 Å². The van der Waals surface area contributed by atoms with Crippen LogP contribution in [-0.4, -0.2) is 95.2 Å². The molecule has 0 atom stereocenters. The van der Waals surface area contributed by atoms with Crippen LogP contribution in [0.2, 0.25) is 0 Å². The van der Waals surface area contributed by atoms with E-state index in [2.05, 4.69) is 5.10 Å². The van der Waals surface area contributed by atoms with Crippen molar-refractivity contribution in [1.82, 2.24) is 24.5 Å². The van der Waals surface area contributed by atoms with Crippen molar-refractivity contribution in [2.75, 3.05) is 20.3 Å². The molecule has 0 bridgehead atoms. The third kappa shape index (κ3) is 4.56. The monoisotopic (exact) mass is 545 g/mol. The highest BCUT2D eigenvalue weighted by atomic mass is 32.1. The summed E-state index contributed by atoms with van der Waals surface area (Å²) in [7, 11) is 9.07. The molecule has 10 nitrogen and oxygen atoms in total. The van der Waals surface area contributed by atoms with Crippen molar-refractivity contribution in [3.05, 3.63) is 52.5 Å². The Labute approximate surface area is 233 Å². The zero-order chi connectivity index (χ0) is 28.1. The Morgan fingerprint density at radius 3 is 2.51 bits per heavy atom.